The average Bonchev–Trinajstić information content (AvgIpc) is 2.65. The number of nitrogens with zero attached hydrogens (tertiary/aromatic N) is 4. The summed E-state index contributed by atoms with van der Waals surface area (Å²) >= 11 is 12.1. The third kappa shape index (κ3) is 4.10. The van der Waals surface area contributed by atoms with Gasteiger partial charge in [-0.3, -0.25) is 10.1 Å². The van der Waals surface area contributed by atoms with Crippen molar-refractivity contribution in [1.82, 2.24) is 9.97 Å². The van der Waals surface area contributed by atoms with Crippen LogP contribution < -0.4 is 10.2 Å². The fourth-order valence-electron chi connectivity index (χ4n) is 2.61. The maximum atomic E-state index is 11.8. The number of hydrogen-bond acceptors (Lipinski definition) is 6. The molecule has 9 heteroatoms. The van der Waals surface area contributed by atoms with E-state index in [1.807, 2.05) is 37.3 Å². The summed E-state index contributed by atoms with van der Waals surface area (Å²) in [7, 11) is 0. The summed E-state index contributed by atoms with van der Waals surface area (Å²) in [5.74, 6) is 0.236. The summed E-state index contributed by atoms with van der Waals surface area (Å²) < 4.78 is 0. The Balaban J connectivity index is 2.08. The van der Waals surface area contributed by atoms with E-state index in [2.05, 4.69) is 15.3 Å². The lowest BCUT2D eigenvalue weighted by Crippen LogP contribution is -2.19. The van der Waals surface area contributed by atoms with E-state index in [0.29, 0.717) is 22.3 Å². The molecule has 7 nitrogen and oxygen atoms in total. The van der Waals surface area contributed by atoms with E-state index in [0.717, 1.165) is 5.69 Å². The third-order valence-corrected chi connectivity index (χ3v) is 4.36. The molecule has 0 unspecified atom stereocenters. The summed E-state index contributed by atoms with van der Waals surface area (Å²) in [5, 5.41) is 15.5. The third-order valence-electron chi connectivity index (χ3n) is 3.81. The number of hydrogen-bond donors (Lipinski definition) is 1. The Morgan fingerprint density at radius 1 is 1.15 bits per heavy atom. The minimum Gasteiger partial charge on any atom is -0.333 e. The monoisotopic (exact) mass is 403 g/mol. The molecule has 27 heavy (non-hydrogen) atoms. The number of aromatic nitrogens is 2. The second-order valence-electron chi connectivity index (χ2n) is 5.48. The minimum absolute atomic E-state index is 0.0450. The number of anilines is 4. The van der Waals surface area contributed by atoms with Gasteiger partial charge in [0.1, 0.15) is 6.33 Å². The molecule has 138 valence electrons. The summed E-state index contributed by atoms with van der Waals surface area (Å²) in [6.07, 6.45) is 1.28. The number of nitrogens with one attached hydrogen (secondary N) is 1. The van der Waals surface area contributed by atoms with Crippen molar-refractivity contribution in [3.05, 3.63) is 75.0 Å². The van der Waals surface area contributed by atoms with Crippen LogP contribution in [0.2, 0.25) is 10.0 Å². The van der Waals surface area contributed by atoms with Gasteiger partial charge >= 0.3 is 5.69 Å². The predicted octanol–water partition coefficient (Wildman–Crippen LogP) is 5.59. The van der Waals surface area contributed by atoms with Gasteiger partial charge in [-0.05, 0) is 37.3 Å². The molecular formula is C18H15Cl2N5O2. The van der Waals surface area contributed by atoms with Gasteiger partial charge in [0.05, 0.1) is 15.6 Å². The van der Waals surface area contributed by atoms with Crippen molar-refractivity contribution >= 4 is 51.9 Å². The molecule has 0 fully saturated rings. The van der Waals surface area contributed by atoms with Gasteiger partial charge < -0.3 is 10.2 Å². The molecule has 0 saturated carbocycles. The Morgan fingerprint density at radius 3 is 2.52 bits per heavy atom. The molecule has 0 aliphatic carbocycles. The number of para-hydroxylation sites is 1. The molecule has 0 radical (unpaired) electrons. The van der Waals surface area contributed by atoms with Gasteiger partial charge in [0.25, 0.3) is 0 Å². The molecule has 0 aliphatic heterocycles. The van der Waals surface area contributed by atoms with Gasteiger partial charge in [-0.2, -0.15) is 0 Å². The summed E-state index contributed by atoms with van der Waals surface area (Å²) in [6.45, 7) is 2.38. The van der Waals surface area contributed by atoms with Gasteiger partial charge in [0, 0.05) is 17.3 Å². The molecule has 1 N–H and O–H groups in total. The van der Waals surface area contributed by atoms with E-state index < -0.39 is 4.92 Å². The maximum absolute atomic E-state index is 11.8. The van der Waals surface area contributed by atoms with Crippen LogP contribution in [0.1, 0.15) is 6.92 Å². The molecule has 3 rings (SSSR count). The van der Waals surface area contributed by atoms with Crippen molar-refractivity contribution < 1.29 is 4.92 Å². The van der Waals surface area contributed by atoms with Crippen LogP contribution in [-0.4, -0.2) is 21.4 Å². The summed E-state index contributed by atoms with van der Waals surface area (Å²) in [6, 6.07) is 14.1. The van der Waals surface area contributed by atoms with Crippen molar-refractivity contribution in [1.29, 1.82) is 0 Å². The van der Waals surface area contributed by atoms with Crippen LogP contribution in [0.5, 0.6) is 0 Å². The first kappa shape index (κ1) is 18.9. The van der Waals surface area contributed by atoms with E-state index in [4.69, 9.17) is 23.2 Å². The quantitative estimate of drug-likeness (QED) is 0.426. The van der Waals surface area contributed by atoms with E-state index in [-0.39, 0.29) is 17.3 Å². The van der Waals surface area contributed by atoms with Crippen LogP contribution in [0.4, 0.5) is 28.7 Å². The number of halogens is 2. The SMILES string of the molecule is CCN(c1ccccc1)c1ncnc(Nc2ccc(Cl)cc2Cl)c1[N+](=O)[O-]. The average molecular weight is 404 g/mol. The van der Waals surface area contributed by atoms with Crippen molar-refractivity contribution in [2.75, 3.05) is 16.8 Å². The van der Waals surface area contributed by atoms with E-state index in [1.54, 1.807) is 23.1 Å². The Kier molecular flexibility index (Phi) is 5.73. The summed E-state index contributed by atoms with van der Waals surface area (Å²) in [4.78, 5) is 21.3. The number of nitro groups is 1. The van der Waals surface area contributed by atoms with E-state index in [1.165, 1.54) is 6.33 Å². The van der Waals surface area contributed by atoms with Crippen LogP contribution >= 0.6 is 23.2 Å². The Hall–Kier alpha value is -2.90. The molecule has 0 amide bonds. The first-order valence-electron chi connectivity index (χ1n) is 8.05. The summed E-state index contributed by atoms with van der Waals surface area (Å²) in [5.41, 5.74) is 1.00. The maximum Gasteiger partial charge on any atom is 0.354 e. The fraction of sp³-hybridized carbons (Fsp3) is 0.111. The Bertz CT molecular complexity index is 969. The van der Waals surface area contributed by atoms with Gasteiger partial charge in [-0.15, -0.1) is 0 Å². The van der Waals surface area contributed by atoms with Crippen LogP contribution in [0.3, 0.4) is 0 Å². The van der Waals surface area contributed by atoms with Gasteiger partial charge in [-0.25, -0.2) is 9.97 Å². The predicted molar refractivity (Wildman–Crippen MR) is 108 cm³/mol. The molecule has 2 aromatic carbocycles. The normalized spacial score (nSPS) is 10.5. The van der Waals surface area contributed by atoms with Crippen LogP contribution in [-0.2, 0) is 0 Å². The van der Waals surface area contributed by atoms with Crippen molar-refractivity contribution in [2.24, 2.45) is 0 Å². The van der Waals surface area contributed by atoms with Crippen molar-refractivity contribution in [3.63, 3.8) is 0 Å². The highest BCUT2D eigenvalue weighted by atomic mass is 35.5. The Labute approximate surface area is 165 Å². The number of rotatable bonds is 6. The highest BCUT2D eigenvalue weighted by Crippen LogP contribution is 2.38. The molecule has 0 bridgehead atoms. The standard InChI is InChI=1S/C18H15Cl2N5O2/c1-2-24(13-6-4-3-5-7-13)18-16(25(26)27)17(21-11-22-18)23-15-9-8-12(19)10-14(15)20/h3-11H,2H2,1H3,(H,21,22,23). The van der Waals surface area contributed by atoms with Gasteiger partial charge in [0.15, 0.2) is 0 Å². The Morgan fingerprint density at radius 2 is 1.89 bits per heavy atom. The highest BCUT2D eigenvalue weighted by Gasteiger charge is 2.27. The highest BCUT2D eigenvalue weighted by molar-refractivity contribution is 6.36. The van der Waals surface area contributed by atoms with Crippen molar-refractivity contribution in [3.8, 4) is 0 Å². The first-order chi connectivity index (χ1) is 13.0. The lowest BCUT2D eigenvalue weighted by molar-refractivity contribution is -0.383. The van der Waals surface area contributed by atoms with E-state index in [9.17, 15) is 10.1 Å². The zero-order chi connectivity index (χ0) is 19.4. The number of benzene rings is 2. The molecule has 0 saturated heterocycles. The van der Waals surface area contributed by atoms with Crippen LogP contribution in [0.15, 0.2) is 54.9 Å². The van der Waals surface area contributed by atoms with Gasteiger partial charge in [-0.1, -0.05) is 41.4 Å². The fourth-order valence-corrected chi connectivity index (χ4v) is 3.06. The van der Waals surface area contributed by atoms with Crippen LogP contribution in [0.25, 0.3) is 0 Å². The van der Waals surface area contributed by atoms with Crippen molar-refractivity contribution in [2.45, 2.75) is 6.92 Å². The second kappa shape index (κ2) is 8.20. The first-order valence-corrected chi connectivity index (χ1v) is 8.81. The smallest absolute Gasteiger partial charge is 0.333 e. The largest absolute Gasteiger partial charge is 0.354 e. The molecule has 1 heterocycles. The molecule has 3 aromatic rings. The zero-order valence-electron chi connectivity index (χ0n) is 14.3. The molecule has 0 spiro atoms. The van der Waals surface area contributed by atoms with Gasteiger partial charge in [0.2, 0.25) is 11.6 Å². The van der Waals surface area contributed by atoms with Crippen LogP contribution in [0, 0.1) is 10.1 Å². The minimum atomic E-state index is -0.507. The lowest BCUT2D eigenvalue weighted by Gasteiger charge is -2.22. The molecular weight excluding hydrogens is 389 g/mol. The molecule has 1 aromatic heterocycles. The van der Waals surface area contributed by atoms with E-state index >= 15 is 0 Å². The molecule has 0 aliphatic rings. The topological polar surface area (TPSA) is 84.2 Å². The molecule has 0 atom stereocenters. The lowest BCUT2D eigenvalue weighted by atomic mass is 10.2. The second-order valence-corrected chi connectivity index (χ2v) is 6.32. The zero-order valence-corrected chi connectivity index (χ0v) is 15.8.